The zero-order chi connectivity index (χ0) is 14.5. The minimum absolute atomic E-state index is 0. The van der Waals surface area contributed by atoms with E-state index in [4.69, 9.17) is 9.47 Å². The summed E-state index contributed by atoms with van der Waals surface area (Å²) in [7, 11) is 1.70. The lowest BCUT2D eigenvalue weighted by Gasteiger charge is -2.17. The molecule has 0 aromatic rings. The molecule has 0 amide bonds. The Bertz CT molecular complexity index is 238. The molecule has 0 saturated heterocycles. The van der Waals surface area contributed by atoms with Crippen LogP contribution in [-0.2, 0) is 9.47 Å². The highest BCUT2D eigenvalue weighted by Gasteiger charge is 2.03. The van der Waals surface area contributed by atoms with Crippen LogP contribution in [0.3, 0.4) is 0 Å². The third-order valence-corrected chi connectivity index (χ3v) is 2.49. The van der Waals surface area contributed by atoms with Crippen LogP contribution < -0.4 is 10.6 Å². The average Bonchev–Trinajstić information content (AvgIpc) is 2.33. The van der Waals surface area contributed by atoms with Crippen LogP contribution in [0.4, 0.5) is 0 Å². The normalized spacial score (nSPS) is 13.0. The third kappa shape index (κ3) is 14.3. The zero-order valence-electron chi connectivity index (χ0n) is 13.6. The molecule has 0 heterocycles. The van der Waals surface area contributed by atoms with Gasteiger partial charge in [-0.15, -0.1) is 24.0 Å². The molecule has 1 unspecified atom stereocenters. The number of halogens is 1. The second-order valence-corrected chi connectivity index (χ2v) is 5.06. The van der Waals surface area contributed by atoms with E-state index in [1.807, 2.05) is 0 Å². The Balaban J connectivity index is 0. The van der Waals surface area contributed by atoms with Gasteiger partial charge in [-0.25, -0.2) is 0 Å². The maximum atomic E-state index is 5.54. The lowest BCUT2D eigenvalue weighted by molar-refractivity contribution is 0.130. The van der Waals surface area contributed by atoms with Crippen LogP contribution >= 0.6 is 24.0 Å². The lowest BCUT2D eigenvalue weighted by Crippen LogP contribution is -2.44. The fourth-order valence-electron chi connectivity index (χ4n) is 1.49. The highest BCUT2D eigenvalue weighted by Crippen LogP contribution is 1.98. The lowest BCUT2D eigenvalue weighted by atomic mass is 10.1. The molecule has 2 N–H and O–H groups in total. The first-order valence-corrected chi connectivity index (χ1v) is 7.21. The maximum absolute atomic E-state index is 5.54. The number of hydrogen-bond donors (Lipinski definition) is 2. The first-order valence-electron chi connectivity index (χ1n) is 7.21. The van der Waals surface area contributed by atoms with E-state index in [-0.39, 0.29) is 30.0 Å². The van der Waals surface area contributed by atoms with Crippen molar-refractivity contribution in [1.29, 1.82) is 0 Å². The van der Waals surface area contributed by atoms with Gasteiger partial charge in [0.2, 0.25) is 0 Å². The van der Waals surface area contributed by atoms with E-state index >= 15 is 0 Å². The van der Waals surface area contributed by atoms with Gasteiger partial charge in [-0.2, -0.15) is 0 Å². The second kappa shape index (κ2) is 15.3. The number of nitrogens with one attached hydrogen (secondary N) is 2. The highest BCUT2D eigenvalue weighted by atomic mass is 127. The van der Waals surface area contributed by atoms with Gasteiger partial charge in [-0.05, 0) is 26.2 Å². The van der Waals surface area contributed by atoms with Crippen LogP contribution in [0.15, 0.2) is 4.99 Å². The quantitative estimate of drug-likeness (QED) is 0.255. The number of hydrogen-bond acceptors (Lipinski definition) is 3. The van der Waals surface area contributed by atoms with Gasteiger partial charge in [0.15, 0.2) is 5.96 Å². The minimum atomic E-state index is 0. The van der Waals surface area contributed by atoms with Crippen LogP contribution in [0, 0.1) is 5.92 Å². The summed E-state index contributed by atoms with van der Waals surface area (Å²) in [5.74, 6) is 1.51. The van der Waals surface area contributed by atoms with Crippen LogP contribution in [-0.4, -0.2) is 52.0 Å². The molecule has 0 bridgehead atoms. The Kier molecular flexibility index (Phi) is 17.0. The molecule has 122 valence electrons. The Hall–Kier alpha value is -0.0800. The van der Waals surface area contributed by atoms with Gasteiger partial charge in [-0.1, -0.05) is 13.8 Å². The van der Waals surface area contributed by atoms with Gasteiger partial charge in [0.25, 0.3) is 0 Å². The van der Waals surface area contributed by atoms with Gasteiger partial charge in [0, 0.05) is 26.3 Å². The van der Waals surface area contributed by atoms with Crippen molar-refractivity contribution in [3.05, 3.63) is 0 Å². The number of aliphatic imine (C=N–C) groups is 1. The molecule has 6 heteroatoms. The Morgan fingerprint density at radius 1 is 1.20 bits per heavy atom. The maximum Gasteiger partial charge on any atom is 0.191 e. The standard InChI is InChI=1S/C14H31N3O2.HI/c1-6-15-14(17-13(4)11-18-5)16-8-10-19-9-7-12(2)3;/h12-13H,6-11H2,1-5H3,(H2,15,16,17);1H. The molecular weight excluding hydrogens is 369 g/mol. The predicted octanol–water partition coefficient (Wildman–Crippen LogP) is 2.26. The fraction of sp³-hybridized carbons (Fsp3) is 0.929. The summed E-state index contributed by atoms with van der Waals surface area (Å²) in [6.07, 6.45) is 1.10. The number of nitrogens with zero attached hydrogens (tertiary/aromatic N) is 1. The summed E-state index contributed by atoms with van der Waals surface area (Å²) < 4.78 is 10.6. The van der Waals surface area contributed by atoms with Crippen LogP contribution in [0.5, 0.6) is 0 Å². The Morgan fingerprint density at radius 2 is 1.90 bits per heavy atom. The van der Waals surface area contributed by atoms with E-state index in [0.29, 0.717) is 25.7 Å². The van der Waals surface area contributed by atoms with Crippen LogP contribution in [0.2, 0.25) is 0 Å². The van der Waals surface area contributed by atoms with Crippen LogP contribution in [0.1, 0.15) is 34.1 Å². The van der Waals surface area contributed by atoms with Crippen molar-refractivity contribution >= 4 is 29.9 Å². The van der Waals surface area contributed by atoms with Gasteiger partial charge in [-0.3, -0.25) is 4.99 Å². The SMILES string of the molecule is CCNC(=NCCOCCC(C)C)NC(C)COC.I. The van der Waals surface area contributed by atoms with Crippen molar-refractivity contribution in [1.82, 2.24) is 10.6 Å². The monoisotopic (exact) mass is 401 g/mol. The van der Waals surface area contributed by atoms with Gasteiger partial charge in [0.05, 0.1) is 19.8 Å². The van der Waals surface area contributed by atoms with E-state index in [1.165, 1.54) is 0 Å². The second-order valence-electron chi connectivity index (χ2n) is 5.06. The molecule has 0 aliphatic heterocycles. The Morgan fingerprint density at radius 3 is 2.45 bits per heavy atom. The number of methoxy groups -OCH3 is 1. The summed E-state index contributed by atoms with van der Waals surface area (Å²) in [4.78, 5) is 4.47. The summed E-state index contributed by atoms with van der Waals surface area (Å²) in [6.45, 7) is 12.2. The van der Waals surface area contributed by atoms with Gasteiger partial charge in [0.1, 0.15) is 0 Å². The van der Waals surface area contributed by atoms with E-state index in [0.717, 1.165) is 25.5 Å². The Labute approximate surface area is 141 Å². The number of guanidine groups is 1. The van der Waals surface area contributed by atoms with Crippen molar-refractivity contribution < 1.29 is 9.47 Å². The van der Waals surface area contributed by atoms with E-state index in [2.05, 4.69) is 43.3 Å². The molecule has 0 radical (unpaired) electrons. The highest BCUT2D eigenvalue weighted by molar-refractivity contribution is 14.0. The molecule has 0 aromatic carbocycles. The average molecular weight is 401 g/mol. The van der Waals surface area contributed by atoms with Crippen molar-refractivity contribution in [2.75, 3.05) is 40.0 Å². The summed E-state index contributed by atoms with van der Waals surface area (Å²) in [5, 5.41) is 6.50. The summed E-state index contributed by atoms with van der Waals surface area (Å²) in [6, 6.07) is 0.240. The molecule has 0 aliphatic rings. The van der Waals surface area contributed by atoms with Crippen LogP contribution in [0.25, 0.3) is 0 Å². The summed E-state index contributed by atoms with van der Waals surface area (Å²) in [5.41, 5.74) is 0. The van der Waals surface area contributed by atoms with Gasteiger partial charge >= 0.3 is 0 Å². The first kappa shape index (κ1) is 22.2. The topological polar surface area (TPSA) is 54.9 Å². The van der Waals surface area contributed by atoms with E-state index in [1.54, 1.807) is 7.11 Å². The molecular formula is C14H32IN3O2. The molecule has 0 spiro atoms. The summed E-state index contributed by atoms with van der Waals surface area (Å²) >= 11 is 0. The fourth-order valence-corrected chi connectivity index (χ4v) is 1.49. The molecule has 0 fully saturated rings. The van der Waals surface area contributed by atoms with Gasteiger partial charge < -0.3 is 20.1 Å². The minimum Gasteiger partial charge on any atom is -0.383 e. The van der Waals surface area contributed by atoms with E-state index in [9.17, 15) is 0 Å². The molecule has 1 atom stereocenters. The molecule has 0 aliphatic carbocycles. The largest absolute Gasteiger partial charge is 0.383 e. The molecule has 0 aromatic heterocycles. The van der Waals surface area contributed by atoms with Crippen molar-refractivity contribution in [3.63, 3.8) is 0 Å². The predicted molar refractivity (Wildman–Crippen MR) is 96.1 cm³/mol. The van der Waals surface area contributed by atoms with Crippen molar-refractivity contribution in [2.24, 2.45) is 10.9 Å². The number of rotatable bonds is 10. The molecule has 0 rings (SSSR count). The molecule has 20 heavy (non-hydrogen) atoms. The molecule has 0 saturated carbocycles. The smallest absolute Gasteiger partial charge is 0.191 e. The number of ether oxygens (including phenoxy) is 2. The first-order chi connectivity index (χ1) is 9.10. The zero-order valence-corrected chi connectivity index (χ0v) is 15.9. The molecule has 5 nitrogen and oxygen atoms in total. The van der Waals surface area contributed by atoms with E-state index < -0.39 is 0 Å². The van der Waals surface area contributed by atoms with Crippen molar-refractivity contribution in [3.8, 4) is 0 Å². The third-order valence-electron chi connectivity index (χ3n) is 2.49. The van der Waals surface area contributed by atoms with Crippen molar-refractivity contribution in [2.45, 2.75) is 40.2 Å².